The van der Waals surface area contributed by atoms with Gasteiger partial charge in [-0.1, -0.05) is 18.2 Å². The number of para-hydroxylation sites is 1. The lowest BCUT2D eigenvalue weighted by Crippen LogP contribution is -2.41. The average Bonchev–Trinajstić information content (AvgIpc) is 3.03. The predicted molar refractivity (Wildman–Crippen MR) is 71.1 cm³/mol. The van der Waals surface area contributed by atoms with Crippen LogP contribution in [0, 0.1) is 0 Å². The molecule has 1 spiro atoms. The van der Waals surface area contributed by atoms with Crippen molar-refractivity contribution in [2.24, 2.45) is 0 Å². The number of fused-ring (bicyclic) bond motifs is 2. The van der Waals surface area contributed by atoms with Gasteiger partial charge in [0.25, 0.3) is 0 Å². The van der Waals surface area contributed by atoms with Crippen molar-refractivity contribution in [3.8, 4) is 0 Å². The van der Waals surface area contributed by atoms with E-state index in [4.69, 9.17) is 4.74 Å². The zero-order valence-electron chi connectivity index (χ0n) is 11.4. The molecular weight excluding hydrogens is 242 g/mol. The number of rotatable bonds is 0. The van der Waals surface area contributed by atoms with Gasteiger partial charge in [0, 0.05) is 0 Å². The van der Waals surface area contributed by atoms with Gasteiger partial charge >= 0.3 is 6.09 Å². The second-order valence-corrected chi connectivity index (χ2v) is 6.22. The van der Waals surface area contributed by atoms with Crippen LogP contribution >= 0.6 is 0 Å². The molecule has 1 heterocycles. The lowest BCUT2D eigenvalue weighted by Gasteiger charge is -2.24. The van der Waals surface area contributed by atoms with Gasteiger partial charge in [0.05, 0.1) is 11.1 Å². The van der Waals surface area contributed by atoms with Crippen LogP contribution in [-0.2, 0) is 14.9 Å². The van der Waals surface area contributed by atoms with Gasteiger partial charge in [0.15, 0.2) is 0 Å². The highest BCUT2D eigenvalue weighted by molar-refractivity contribution is 6.22. The van der Waals surface area contributed by atoms with Crippen molar-refractivity contribution in [2.45, 2.75) is 44.6 Å². The summed E-state index contributed by atoms with van der Waals surface area (Å²) < 4.78 is 5.34. The predicted octanol–water partition coefficient (Wildman–Crippen LogP) is 3.00. The smallest absolute Gasteiger partial charge is 0.421 e. The van der Waals surface area contributed by atoms with Gasteiger partial charge in [0.2, 0.25) is 5.91 Å². The Morgan fingerprint density at radius 1 is 1.26 bits per heavy atom. The van der Waals surface area contributed by atoms with Crippen molar-refractivity contribution >= 4 is 17.7 Å². The molecule has 2 amide bonds. The summed E-state index contributed by atoms with van der Waals surface area (Å²) in [6.07, 6.45) is 1.07. The van der Waals surface area contributed by atoms with Crippen LogP contribution in [0.4, 0.5) is 10.5 Å². The molecule has 1 aromatic carbocycles. The molecule has 1 aromatic rings. The van der Waals surface area contributed by atoms with E-state index in [9.17, 15) is 9.59 Å². The zero-order valence-corrected chi connectivity index (χ0v) is 11.4. The van der Waals surface area contributed by atoms with Crippen LogP contribution in [0.25, 0.3) is 0 Å². The molecule has 4 heteroatoms. The van der Waals surface area contributed by atoms with Gasteiger partial charge < -0.3 is 4.74 Å². The van der Waals surface area contributed by atoms with Crippen LogP contribution in [-0.4, -0.2) is 17.6 Å². The number of carbonyl (C=O) groups excluding carboxylic acids is 2. The second kappa shape index (κ2) is 3.59. The molecular formula is C15H17NO3. The standard InChI is InChI=1S/C15H17NO3/c1-14(2,3)19-13(18)16-11-7-5-4-6-10(11)15(8-9-15)12(16)17/h4-7H,8-9H2,1-3H3. The normalized spacial score (nSPS) is 19.5. The van der Waals surface area contributed by atoms with Gasteiger partial charge in [-0.2, -0.15) is 0 Å². The van der Waals surface area contributed by atoms with Gasteiger partial charge in [-0.3, -0.25) is 4.79 Å². The van der Waals surface area contributed by atoms with E-state index in [1.807, 2.05) is 24.3 Å². The number of benzene rings is 1. The summed E-state index contributed by atoms with van der Waals surface area (Å²) in [5.41, 5.74) is 0.587. The largest absolute Gasteiger partial charge is 0.443 e. The molecule has 0 radical (unpaired) electrons. The quantitative estimate of drug-likeness (QED) is 0.719. The topological polar surface area (TPSA) is 46.6 Å². The third kappa shape index (κ3) is 1.74. The lowest BCUT2D eigenvalue weighted by molar-refractivity contribution is -0.120. The van der Waals surface area contributed by atoms with Crippen LogP contribution in [0.5, 0.6) is 0 Å². The number of hydrogen-bond acceptors (Lipinski definition) is 3. The number of hydrogen-bond donors (Lipinski definition) is 0. The molecule has 3 rings (SSSR count). The Kier molecular flexibility index (Phi) is 2.31. The van der Waals surface area contributed by atoms with Crippen molar-refractivity contribution < 1.29 is 14.3 Å². The molecule has 0 aromatic heterocycles. The van der Waals surface area contributed by atoms with E-state index in [2.05, 4.69) is 0 Å². The average molecular weight is 259 g/mol. The fraction of sp³-hybridized carbons (Fsp3) is 0.467. The number of amides is 2. The summed E-state index contributed by atoms with van der Waals surface area (Å²) in [6.45, 7) is 5.39. The summed E-state index contributed by atoms with van der Waals surface area (Å²) >= 11 is 0. The molecule has 1 aliphatic carbocycles. The minimum Gasteiger partial charge on any atom is -0.443 e. The second-order valence-electron chi connectivity index (χ2n) is 6.22. The Bertz CT molecular complexity index is 567. The Hall–Kier alpha value is -1.84. The van der Waals surface area contributed by atoms with E-state index >= 15 is 0 Å². The van der Waals surface area contributed by atoms with Crippen molar-refractivity contribution in [1.29, 1.82) is 0 Å². The third-order valence-corrected chi connectivity index (χ3v) is 3.60. The van der Waals surface area contributed by atoms with E-state index in [-0.39, 0.29) is 5.91 Å². The van der Waals surface area contributed by atoms with Crippen LogP contribution in [0.15, 0.2) is 24.3 Å². The molecule has 100 valence electrons. The summed E-state index contributed by atoms with van der Waals surface area (Å²) in [5, 5.41) is 0. The van der Waals surface area contributed by atoms with Gasteiger partial charge in [-0.15, -0.1) is 0 Å². The molecule has 0 unspecified atom stereocenters. The Morgan fingerprint density at radius 2 is 1.89 bits per heavy atom. The number of imide groups is 1. The Morgan fingerprint density at radius 3 is 2.47 bits per heavy atom. The van der Waals surface area contributed by atoms with Crippen LogP contribution in [0.2, 0.25) is 0 Å². The summed E-state index contributed by atoms with van der Waals surface area (Å²) in [7, 11) is 0. The molecule has 1 saturated carbocycles. The van der Waals surface area contributed by atoms with Crippen molar-refractivity contribution in [3.63, 3.8) is 0 Å². The van der Waals surface area contributed by atoms with E-state index in [0.29, 0.717) is 5.69 Å². The first-order valence-electron chi connectivity index (χ1n) is 6.52. The SMILES string of the molecule is CC(C)(C)OC(=O)N1C(=O)C2(CC2)c2ccccc21. The van der Waals surface area contributed by atoms with Crippen LogP contribution in [0.1, 0.15) is 39.2 Å². The first-order valence-corrected chi connectivity index (χ1v) is 6.52. The fourth-order valence-corrected chi connectivity index (χ4v) is 2.61. The minimum absolute atomic E-state index is 0.136. The monoisotopic (exact) mass is 259 g/mol. The zero-order chi connectivity index (χ0) is 13.8. The van der Waals surface area contributed by atoms with E-state index < -0.39 is 17.1 Å². The molecule has 1 aliphatic heterocycles. The molecule has 1 fully saturated rings. The number of nitrogens with zero attached hydrogens (tertiary/aromatic N) is 1. The van der Waals surface area contributed by atoms with Gasteiger partial charge in [0.1, 0.15) is 5.60 Å². The number of carbonyl (C=O) groups is 2. The van der Waals surface area contributed by atoms with Crippen LogP contribution in [0.3, 0.4) is 0 Å². The maximum absolute atomic E-state index is 12.5. The lowest BCUT2D eigenvalue weighted by atomic mass is 9.98. The highest BCUT2D eigenvalue weighted by Crippen LogP contribution is 2.57. The van der Waals surface area contributed by atoms with Crippen LogP contribution < -0.4 is 4.90 Å². The Labute approximate surface area is 112 Å². The third-order valence-electron chi connectivity index (χ3n) is 3.60. The summed E-state index contributed by atoms with van der Waals surface area (Å²) in [6, 6.07) is 7.49. The first kappa shape index (κ1) is 12.2. The maximum atomic E-state index is 12.5. The summed E-state index contributed by atoms with van der Waals surface area (Å²) in [4.78, 5) is 25.9. The molecule has 0 bridgehead atoms. The first-order chi connectivity index (χ1) is 8.85. The molecule has 19 heavy (non-hydrogen) atoms. The maximum Gasteiger partial charge on any atom is 0.421 e. The molecule has 0 atom stereocenters. The van der Waals surface area contributed by atoms with E-state index in [1.165, 1.54) is 4.90 Å². The molecule has 2 aliphatic rings. The molecule has 4 nitrogen and oxygen atoms in total. The van der Waals surface area contributed by atoms with E-state index in [1.54, 1.807) is 20.8 Å². The Balaban J connectivity index is 1.99. The van der Waals surface area contributed by atoms with E-state index in [0.717, 1.165) is 18.4 Å². The van der Waals surface area contributed by atoms with Crippen molar-refractivity contribution in [2.75, 3.05) is 4.90 Å². The minimum atomic E-state index is -0.606. The number of ether oxygens (including phenoxy) is 1. The van der Waals surface area contributed by atoms with Crippen molar-refractivity contribution in [3.05, 3.63) is 29.8 Å². The highest BCUT2D eigenvalue weighted by Gasteiger charge is 2.61. The molecule has 0 N–H and O–H groups in total. The fourth-order valence-electron chi connectivity index (χ4n) is 2.61. The van der Waals surface area contributed by atoms with Gasteiger partial charge in [-0.25, -0.2) is 9.69 Å². The molecule has 0 saturated heterocycles. The van der Waals surface area contributed by atoms with Crippen molar-refractivity contribution in [1.82, 2.24) is 0 Å². The van der Waals surface area contributed by atoms with Gasteiger partial charge in [-0.05, 0) is 45.2 Å². The summed E-state index contributed by atoms with van der Waals surface area (Å²) in [5.74, 6) is -0.136. The highest BCUT2D eigenvalue weighted by atomic mass is 16.6. The number of anilines is 1.